The van der Waals surface area contributed by atoms with Crippen LogP contribution in [0, 0.1) is 5.92 Å². The Morgan fingerprint density at radius 2 is 1.73 bits per heavy atom. The van der Waals surface area contributed by atoms with Crippen LogP contribution < -0.4 is 9.64 Å². The van der Waals surface area contributed by atoms with E-state index < -0.39 is 5.97 Å². The molecule has 2 saturated carbocycles. The van der Waals surface area contributed by atoms with Gasteiger partial charge in [-0.25, -0.2) is 14.8 Å². The number of anilines is 1. The molecule has 0 spiro atoms. The number of aromatic nitrogens is 2. The van der Waals surface area contributed by atoms with E-state index in [1.54, 1.807) is 18.2 Å². The van der Waals surface area contributed by atoms with E-state index in [0.29, 0.717) is 30.2 Å². The zero-order chi connectivity index (χ0) is 24.9. The van der Waals surface area contributed by atoms with Crippen LogP contribution in [0.5, 0.6) is 5.75 Å². The lowest BCUT2D eigenvalue weighted by Crippen LogP contribution is -2.34. The van der Waals surface area contributed by atoms with Gasteiger partial charge in [0.2, 0.25) is 5.95 Å². The molecule has 1 N–H and O–H groups in total. The average molecular weight is 522 g/mol. The van der Waals surface area contributed by atoms with Crippen molar-refractivity contribution >= 4 is 24.3 Å². The predicted molar refractivity (Wildman–Crippen MR) is 149 cm³/mol. The van der Waals surface area contributed by atoms with Crippen LogP contribution >= 0.6 is 12.4 Å². The SMILES string of the molecule is CC1CCC(Oc2ccc(-c3ccnc(N(Cc4cccc(C(=O)O)c4)C4CCCC4)n3)cc2)CC1.Cl. The normalized spacial score (nSPS) is 19.7. The molecule has 2 aliphatic rings. The molecule has 196 valence electrons. The van der Waals surface area contributed by atoms with E-state index in [2.05, 4.69) is 28.9 Å². The van der Waals surface area contributed by atoms with Gasteiger partial charge in [-0.05, 0) is 92.5 Å². The van der Waals surface area contributed by atoms with Crippen LogP contribution in [0.15, 0.2) is 60.8 Å². The first-order valence-corrected chi connectivity index (χ1v) is 13.2. The van der Waals surface area contributed by atoms with E-state index in [1.807, 2.05) is 30.5 Å². The van der Waals surface area contributed by atoms with Crippen molar-refractivity contribution in [1.29, 1.82) is 0 Å². The van der Waals surface area contributed by atoms with Gasteiger partial charge in [-0.15, -0.1) is 12.4 Å². The molecule has 37 heavy (non-hydrogen) atoms. The molecule has 7 heteroatoms. The zero-order valence-electron chi connectivity index (χ0n) is 21.4. The molecule has 2 fully saturated rings. The molecule has 0 radical (unpaired) electrons. The highest BCUT2D eigenvalue weighted by Crippen LogP contribution is 2.31. The van der Waals surface area contributed by atoms with Crippen LogP contribution in [0.4, 0.5) is 5.95 Å². The third kappa shape index (κ3) is 6.80. The number of aromatic carboxylic acids is 1. The van der Waals surface area contributed by atoms with Crippen molar-refractivity contribution in [2.75, 3.05) is 4.90 Å². The smallest absolute Gasteiger partial charge is 0.335 e. The van der Waals surface area contributed by atoms with Gasteiger partial charge in [-0.3, -0.25) is 0 Å². The summed E-state index contributed by atoms with van der Waals surface area (Å²) >= 11 is 0. The summed E-state index contributed by atoms with van der Waals surface area (Å²) in [5, 5.41) is 9.41. The Labute approximate surface area is 225 Å². The summed E-state index contributed by atoms with van der Waals surface area (Å²) in [6, 6.07) is 17.7. The summed E-state index contributed by atoms with van der Waals surface area (Å²) in [5.41, 5.74) is 3.16. The molecule has 2 aliphatic carbocycles. The lowest BCUT2D eigenvalue weighted by molar-refractivity contribution is 0.0696. The molecule has 3 aromatic rings. The van der Waals surface area contributed by atoms with Gasteiger partial charge in [0.15, 0.2) is 0 Å². The second-order valence-corrected chi connectivity index (χ2v) is 10.3. The van der Waals surface area contributed by atoms with E-state index in [-0.39, 0.29) is 12.4 Å². The minimum absolute atomic E-state index is 0. The van der Waals surface area contributed by atoms with Crippen LogP contribution in [0.25, 0.3) is 11.3 Å². The van der Waals surface area contributed by atoms with Gasteiger partial charge in [0.1, 0.15) is 5.75 Å². The molecular formula is C30H36ClN3O3. The van der Waals surface area contributed by atoms with Gasteiger partial charge >= 0.3 is 5.97 Å². The monoisotopic (exact) mass is 521 g/mol. The highest BCUT2D eigenvalue weighted by Gasteiger charge is 2.25. The maximum atomic E-state index is 11.5. The summed E-state index contributed by atoms with van der Waals surface area (Å²) in [6.07, 6.45) is 11.5. The average Bonchev–Trinajstić information content (AvgIpc) is 3.44. The van der Waals surface area contributed by atoms with E-state index in [9.17, 15) is 9.90 Å². The largest absolute Gasteiger partial charge is 0.490 e. The summed E-state index contributed by atoms with van der Waals surface area (Å²) in [5.74, 6) is 1.51. The fraction of sp³-hybridized carbons (Fsp3) is 0.433. The first-order chi connectivity index (χ1) is 17.5. The molecule has 1 heterocycles. The van der Waals surface area contributed by atoms with Gasteiger partial charge in [-0.2, -0.15) is 0 Å². The van der Waals surface area contributed by atoms with E-state index in [4.69, 9.17) is 9.72 Å². The summed E-state index contributed by atoms with van der Waals surface area (Å²) in [4.78, 5) is 23.3. The van der Waals surface area contributed by atoms with E-state index in [0.717, 1.165) is 54.2 Å². The van der Waals surface area contributed by atoms with Crippen molar-refractivity contribution in [3.05, 3.63) is 71.9 Å². The first kappa shape index (κ1) is 26.9. The van der Waals surface area contributed by atoms with Crippen molar-refractivity contribution in [3.8, 4) is 17.0 Å². The number of hydrogen-bond donors (Lipinski definition) is 1. The van der Waals surface area contributed by atoms with E-state index >= 15 is 0 Å². The second kappa shape index (κ2) is 12.4. The van der Waals surface area contributed by atoms with Crippen LogP contribution in [0.1, 0.15) is 74.2 Å². The highest BCUT2D eigenvalue weighted by atomic mass is 35.5. The minimum Gasteiger partial charge on any atom is -0.490 e. The maximum Gasteiger partial charge on any atom is 0.335 e. The molecule has 0 amide bonds. The first-order valence-electron chi connectivity index (χ1n) is 13.2. The van der Waals surface area contributed by atoms with E-state index in [1.165, 1.54) is 25.7 Å². The lowest BCUT2D eigenvalue weighted by atomic mass is 9.89. The van der Waals surface area contributed by atoms with Gasteiger partial charge in [0.25, 0.3) is 0 Å². The quantitative estimate of drug-likeness (QED) is 0.338. The highest BCUT2D eigenvalue weighted by molar-refractivity contribution is 5.87. The molecule has 5 rings (SSSR count). The number of halogens is 1. The second-order valence-electron chi connectivity index (χ2n) is 10.3. The fourth-order valence-electron chi connectivity index (χ4n) is 5.47. The number of carboxylic acids is 1. The molecular weight excluding hydrogens is 486 g/mol. The molecule has 1 aromatic heterocycles. The third-order valence-corrected chi connectivity index (χ3v) is 7.61. The number of nitrogens with zero attached hydrogens (tertiary/aromatic N) is 3. The van der Waals surface area contributed by atoms with Crippen molar-refractivity contribution in [2.24, 2.45) is 5.92 Å². The number of benzene rings is 2. The van der Waals surface area contributed by atoms with Crippen LogP contribution in [-0.2, 0) is 6.54 Å². The summed E-state index contributed by atoms with van der Waals surface area (Å²) in [6.45, 7) is 2.91. The molecule has 0 unspecified atom stereocenters. The molecule has 0 aliphatic heterocycles. The maximum absolute atomic E-state index is 11.5. The van der Waals surface area contributed by atoms with Crippen LogP contribution in [0.2, 0.25) is 0 Å². The van der Waals surface area contributed by atoms with Gasteiger partial charge in [0, 0.05) is 24.3 Å². The number of rotatable bonds is 8. The van der Waals surface area contributed by atoms with Gasteiger partial charge in [0.05, 0.1) is 17.4 Å². The minimum atomic E-state index is -0.909. The standard InChI is InChI=1S/C30H35N3O3.ClH/c1-21-9-13-26(14-10-21)36-27-15-11-23(12-16-27)28-17-18-31-30(32-28)33(25-7-2-3-8-25)20-22-5-4-6-24(19-22)29(34)35;/h4-6,11-12,15-19,21,25-26H,2-3,7-10,13-14,20H2,1H3,(H,34,35);1H. The number of ether oxygens (including phenoxy) is 1. The number of carbonyl (C=O) groups is 1. The Morgan fingerprint density at radius 3 is 2.43 bits per heavy atom. The predicted octanol–water partition coefficient (Wildman–Crippen LogP) is 7.17. The Balaban J connectivity index is 0.00000320. The molecule has 0 saturated heterocycles. The fourth-order valence-corrected chi connectivity index (χ4v) is 5.47. The Hall–Kier alpha value is -3.12. The van der Waals surface area contributed by atoms with Gasteiger partial charge < -0.3 is 14.7 Å². The van der Waals surface area contributed by atoms with Crippen molar-refractivity contribution in [2.45, 2.75) is 77.0 Å². The van der Waals surface area contributed by atoms with Crippen molar-refractivity contribution in [3.63, 3.8) is 0 Å². The van der Waals surface area contributed by atoms with Crippen molar-refractivity contribution < 1.29 is 14.6 Å². The Morgan fingerprint density at radius 1 is 1.00 bits per heavy atom. The lowest BCUT2D eigenvalue weighted by Gasteiger charge is -2.29. The number of hydrogen-bond acceptors (Lipinski definition) is 5. The topological polar surface area (TPSA) is 75.5 Å². The molecule has 6 nitrogen and oxygen atoms in total. The summed E-state index contributed by atoms with van der Waals surface area (Å²) < 4.78 is 6.23. The Kier molecular flexibility index (Phi) is 9.04. The third-order valence-electron chi connectivity index (χ3n) is 7.61. The Bertz CT molecular complexity index is 1170. The van der Waals surface area contributed by atoms with Crippen LogP contribution in [0.3, 0.4) is 0 Å². The number of carboxylic acid groups (broad SMARTS) is 1. The van der Waals surface area contributed by atoms with Crippen LogP contribution in [-0.4, -0.2) is 33.2 Å². The van der Waals surface area contributed by atoms with Gasteiger partial charge in [-0.1, -0.05) is 31.9 Å². The molecule has 0 bridgehead atoms. The zero-order valence-corrected chi connectivity index (χ0v) is 22.2. The summed E-state index contributed by atoms with van der Waals surface area (Å²) in [7, 11) is 0. The molecule has 0 atom stereocenters. The molecule has 2 aromatic carbocycles. The van der Waals surface area contributed by atoms with Crippen molar-refractivity contribution in [1.82, 2.24) is 9.97 Å².